The van der Waals surface area contributed by atoms with Gasteiger partial charge in [0.15, 0.2) is 0 Å². The Balaban J connectivity index is 5.18. The standard InChI is InChI=1S/C75H133N2O7P/c1-7-10-13-16-19-22-25-28-30-32-34-36-37-38-39-41-42-44-46-49-52-55-58-61-64-67-74(78)76-72(71-83-85(80,81)82-70-69-77(4,5)6)73(66-63-60-57-54-51-48-27-24-21-18-15-12-9-3)84-75(79)68-65-62-59-56-53-50-47-45-43-40-35-33-31-29-26-23-20-17-14-11-8-2/h10,13,19-20,22-23,28-31,34,36,38-39,42,44,63,66,72-73H,7-9,11-12,14-18,21,24-27,32-33,35,37,40-41,43,45-62,64-65,67-71H2,1-6H3,(H-,76,78,80,81)/p+1/b13-10-,22-19-,23-20-,30-28-,31-29-,36-34-,39-38-,44-42-,66-63-. The largest absolute Gasteiger partial charge is 0.472 e. The van der Waals surface area contributed by atoms with Gasteiger partial charge in [0.1, 0.15) is 19.3 Å². The fraction of sp³-hybridized carbons (Fsp3) is 0.733. The first kappa shape index (κ1) is 81.7. The average Bonchev–Trinajstić information content (AvgIpc) is 3.64. The van der Waals surface area contributed by atoms with Gasteiger partial charge in [0.2, 0.25) is 5.91 Å². The molecule has 0 heterocycles. The van der Waals surface area contributed by atoms with Crippen LogP contribution in [0.25, 0.3) is 0 Å². The van der Waals surface area contributed by atoms with Crippen LogP contribution in [-0.4, -0.2) is 74.3 Å². The number of ether oxygens (including phenoxy) is 1. The maximum atomic E-state index is 13.6. The zero-order chi connectivity index (χ0) is 62.1. The summed E-state index contributed by atoms with van der Waals surface area (Å²) in [6, 6.07) is -0.865. The molecule has 1 amide bonds. The van der Waals surface area contributed by atoms with Crippen molar-refractivity contribution in [3.8, 4) is 0 Å². The van der Waals surface area contributed by atoms with Crippen LogP contribution in [0.3, 0.4) is 0 Å². The van der Waals surface area contributed by atoms with Gasteiger partial charge >= 0.3 is 13.8 Å². The number of allylic oxidation sites excluding steroid dienone is 17. The minimum absolute atomic E-state index is 0.0321. The topological polar surface area (TPSA) is 111 Å². The van der Waals surface area contributed by atoms with Gasteiger partial charge in [-0.1, -0.05) is 285 Å². The predicted octanol–water partition coefficient (Wildman–Crippen LogP) is 22.5. The number of hydrogen-bond acceptors (Lipinski definition) is 6. The van der Waals surface area contributed by atoms with E-state index in [0.717, 1.165) is 128 Å². The van der Waals surface area contributed by atoms with Crippen molar-refractivity contribution in [2.24, 2.45) is 0 Å². The van der Waals surface area contributed by atoms with E-state index in [-0.39, 0.29) is 31.5 Å². The van der Waals surface area contributed by atoms with Crippen LogP contribution in [0, 0.1) is 0 Å². The Morgan fingerprint density at radius 3 is 1.15 bits per heavy atom. The second-order valence-electron chi connectivity index (χ2n) is 24.7. The smallest absolute Gasteiger partial charge is 0.456 e. The van der Waals surface area contributed by atoms with Crippen LogP contribution in [0.1, 0.15) is 303 Å². The number of esters is 1. The molecule has 0 spiro atoms. The third-order valence-electron chi connectivity index (χ3n) is 15.2. The van der Waals surface area contributed by atoms with E-state index in [2.05, 4.69) is 123 Å². The molecule has 85 heavy (non-hydrogen) atoms. The van der Waals surface area contributed by atoms with Crippen LogP contribution in [-0.2, 0) is 27.9 Å². The number of nitrogens with one attached hydrogen (secondary N) is 1. The minimum Gasteiger partial charge on any atom is -0.456 e. The molecule has 0 bridgehead atoms. The number of quaternary nitrogens is 1. The van der Waals surface area contributed by atoms with Gasteiger partial charge in [-0.05, 0) is 115 Å². The monoisotopic (exact) mass is 1210 g/mol. The van der Waals surface area contributed by atoms with Crippen LogP contribution in [0.2, 0.25) is 0 Å². The Kier molecular flexibility index (Phi) is 61.2. The van der Waals surface area contributed by atoms with Crippen molar-refractivity contribution in [1.82, 2.24) is 5.32 Å². The highest BCUT2D eigenvalue weighted by Gasteiger charge is 2.30. The molecule has 0 aliphatic heterocycles. The molecule has 2 N–H and O–H groups in total. The Morgan fingerprint density at radius 1 is 0.424 bits per heavy atom. The van der Waals surface area contributed by atoms with Crippen molar-refractivity contribution in [3.05, 3.63) is 109 Å². The Hall–Kier alpha value is -3.33. The number of phosphoric acid groups is 1. The summed E-state index contributed by atoms with van der Waals surface area (Å²) in [4.78, 5) is 37.9. The summed E-state index contributed by atoms with van der Waals surface area (Å²) < 4.78 is 30.8. The molecule has 0 aromatic heterocycles. The second-order valence-corrected chi connectivity index (χ2v) is 26.1. The molecule has 10 heteroatoms. The summed E-state index contributed by atoms with van der Waals surface area (Å²) in [5, 5.41) is 3.06. The third-order valence-corrected chi connectivity index (χ3v) is 16.2. The zero-order valence-electron chi connectivity index (χ0n) is 56.1. The van der Waals surface area contributed by atoms with E-state index in [0.29, 0.717) is 17.4 Å². The lowest BCUT2D eigenvalue weighted by atomic mass is 10.0. The summed E-state index contributed by atoms with van der Waals surface area (Å²) in [6.07, 6.45) is 88.0. The SMILES string of the molecule is CC/C=C\C/C=C\C/C=C\C/C=C\C/C=C\C/C=C\CCCCCCCCC(=O)NC(COP(=O)(O)OCC[N+](C)(C)C)C(/C=C\CCCCCCCCCCCCC)OC(=O)CCCCCCCCCCCCC/C=C\C/C=C\CCCCC. The van der Waals surface area contributed by atoms with Crippen molar-refractivity contribution in [3.63, 3.8) is 0 Å². The quantitative estimate of drug-likeness (QED) is 0.0205. The maximum absolute atomic E-state index is 13.6. The Labute approximate surface area is 525 Å². The number of phosphoric ester groups is 1. The molecule has 0 fully saturated rings. The van der Waals surface area contributed by atoms with Crippen LogP contribution in [0.4, 0.5) is 0 Å². The van der Waals surface area contributed by atoms with E-state index in [9.17, 15) is 19.0 Å². The molecule has 0 aliphatic carbocycles. The molecule has 0 rings (SSSR count). The summed E-state index contributed by atoms with van der Waals surface area (Å²) >= 11 is 0. The van der Waals surface area contributed by atoms with Gasteiger partial charge < -0.3 is 19.4 Å². The van der Waals surface area contributed by atoms with Gasteiger partial charge in [-0.15, -0.1) is 0 Å². The fourth-order valence-electron chi connectivity index (χ4n) is 9.80. The summed E-state index contributed by atoms with van der Waals surface area (Å²) in [7, 11) is 1.48. The number of hydrogen-bond donors (Lipinski definition) is 2. The fourth-order valence-corrected chi connectivity index (χ4v) is 10.5. The van der Waals surface area contributed by atoms with Crippen molar-refractivity contribution in [2.45, 2.75) is 315 Å². The van der Waals surface area contributed by atoms with E-state index < -0.39 is 20.0 Å². The van der Waals surface area contributed by atoms with E-state index in [1.807, 2.05) is 33.3 Å². The van der Waals surface area contributed by atoms with E-state index in [4.69, 9.17) is 13.8 Å². The molecule has 0 aromatic rings. The highest BCUT2D eigenvalue weighted by molar-refractivity contribution is 7.47. The molecule has 0 saturated heterocycles. The minimum atomic E-state index is -4.47. The molecule has 0 radical (unpaired) electrons. The normalized spacial score (nSPS) is 14.2. The number of carbonyl (C=O) groups is 2. The molecule has 3 unspecified atom stereocenters. The van der Waals surface area contributed by atoms with Gasteiger partial charge in [-0.3, -0.25) is 18.6 Å². The van der Waals surface area contributed by atoms with Crippen LogP contribution < -0.4 is 5.32 Å². The highest BCUT2D eigenvalue weighted by Crippen LogP contribution is 2.43. The molecular weight excluding hydrogens is 1070 g/mol. The van der Waals surface area contributed by atoms with Gasteiger partial charge in [-0.25, -0.2) is 4.57 Å². The molecule has 3 atom stereocenters. The van der Waals surface area contributed by atoms with Gasteiger partial charge in [0, 0.05) is 12.8 Å². The first-order valence-corrected chi connectivity index (χ1v) is 36.7. The molecule has 490 valence electrons. The lowest BCUT2D eigenvalue weighted by molar-refractivity contribution is -0.870. The third kappa shape index (κ3) is 65.0. The highest BCUT2D eigenvalue weighted by atomic mass is 31.2. The van der Waals surface area contributed by atoms with Crippen molar-refractivity contribution >= 4 is 19.7 Å². The lowest BCUT2D eigenvalue weighted by Crippen LogP contribution is -2.47. The van der Waals surface area contributed by atoms with Crippen molar-refractivity contribution in [2.75, 3.05) is 40.9 Å². The number of rotatable bonds is 63. The Bertz CT molecular complexity index is 1820. The number of amides is 1. The number of carbonyl (C=O) groups excluding carboxylic acids is 2. The summed E-state index contributed by atoms with van der Waals surface area (Å²) in [5.74, 6) is -0.523. The van der Waals surface area contributed by atoms with Crippen molar-refractivity contribution < 1.29 is 37.3 Å². The molecule has 9 nitrogen and oxygen atoms in total. The lowest BCUT2D eigenvalue weighted by Gasteiger charge is -2.27. The van der Waals surface area contributed by atoms with E-state index in [1.54, 1.807) is 0 Å². The number of likely N-dealkylation sites (N-methyl/N-ethyl adjacent to an activating group) is 1. The van der Waals surface area contributed by atoms with Gasteiger partial charge in [0.05, 0.1) is 33.8 Å². The first-order chi connectivity index (χ1) is 41.4. The molecule has 0 aromatic carbocycles. The van der Waals surface area contributed by atoms with Crippen LogP contribution in [0.15, 0.2) is 109 Å². The van der Waals surface area contributed by atoms with E-state index in [1.165, 1.54) is 141 Å². The summed E-state index contributed by atoms with van der Waals surface area (Å²) in [6.45, 7) is 6.88. The van der Waals surface area contributed by atoms with E-state index >= 15 is 0 Å². The zero-order valence-corrected chi connectivity index (χ0v) is 57.0. The predicted molar refractivity (Wildman–Crippen MR) is 369 cm³/mol. The van der Waals surface area contributed by atoms with Crippen LogP contribution >= 0.6 is 7.82 Å². The average molecular weight is 1210 g/mol. The molecule has 0 aliphatic rings. The summed E-state index contributed by atoms with van der Waals surface area (Å²) in [5.41, 5.74) is 0. The number of nitrogens with zero attached hydrogens (tertiary/aromatic N) is 1. The second kappa shape index (κ2) is 63.7. The molecule has 0 saturated carbocycles. The van der Waals surface area contributed by atoms with Gasteiger partial charge in [-0.2, -0.15) is 0 Å². The maximum Gasteiger partial charge on any atom is 0.472 e. The van der Waals surface area contributed by atoms with Crippen molar-refractivity contribution in [1.29, 1.82) is 0 Å². The van der Waals surface area contributed by atoms with Gasteiger partial charge in [0.25, 0.3) is 0 Å². The number of unbranched alkanes of at least 4 members (excludes halogenated alkanes) is 31. The van der Waals surface area contributed by atoms with Crippen LogP contribution in [0.5, 0.6) is 0 Å². The first-order valence-electron chi connectivity index (χ1n) is 35.2. The Morgan fingerprint density at radius 2 is 0.753 bits per heavy atom. The molecular formula is C75H134N2O7P+.